The highest BCUT2D eigenvalue weighted by atomic mass is 127. The SMILES string of the molecule is Cc1cc(I)ccc1Nc1ncnc2sc3c(c12)CCCC3. The lowest BCUT2D eigenvalue weighted by Crippen LogP contribution is -2.01. The summed E-state index contributed by atoms with van der Waals surface area (Å²) in [5, 5.41) is 4.77. The average Bonchev–Trinajstić information content (AvgIpc) is 2.89. The molecule has 1 aliphatic carbocycles. The predicted molar refractivity (Wildman–Crippen MR) is 101 cm³/mol. The summed E-state index contributed by atoms with van der Waals surface area (Å²) in [6.45, 7) is 2.13. The zero-order chi connectivity index (χ0) is 15.1. The van der Waals surface area contributed by atoms with Crippen LogP contribution in [0.25, 0.3) is 10.2 Å². The topological polar surface area (TPSA) is 37.8 Å². The van der Waals surface area contributed by atoms with Gasteiger partial charge in [-0.2, -0.15) is 0 Å². The number of benzene rings is 1. The van der Waals surface area contributed by atoms with Crippen molar-refractivity contribution in [2.75, 3.05) is 5.32 Å². The Kier molecular flexibility index (Phi) is 3.78. The fourth-order valence-electron chi connectivity index (χ4n) is 3.08. The Hall–Kier alpha value is -1.21. The van der Waals surface area contributed by atoms with Crippen LogP contribution in [0.3, 0.4) is 0 Å². The molecule has 1 aliphatic rings. The molecule has 0 spiro atoms. The van der Waals surface area contributed by atoms with Gasteiger partial charge in [0.1, 0.15) is 17.0 Å². The number of rotatable bonds is 2. The Bertz CT molecular complexity index is 856. The van der Waals surface area contributed by atoms with Crippen molar-refractivity contribution in [1.82, 2.24) is 9.97 Å². The molecule has 0 unspecified atom stereocenters. The molecule has 0 atom stereocenters. The van der Waals surface area contributed by atoms with E-state index in [0.29, 0.717) is 0 Å². The first kappa shape index (κ1) is 14.4. The maximum atomic E-state index is 4.53. The molecule has 0 radical (unpaired) electrons. The summed E-state index contributed by atoms with van der Waals surface area (Å²) in [4.78, 5) is 11.6. The highest BCUT2D eigenvalue weighted by Crippen LogP contribution is 2.39. The lowest BCUT2D eigenvalue weighted by atomic mass is 9.97. The van der Waals surface area contributed by atoms with E-state index in [1.54, 1.807) is 6.33 Å². The van der Waals surface area contributed by atoms with Crippen LogP contribution in [0.15, 0.2) is 24.5 Å². The standard InChI is InChI=1S/C17H16IN3S/c1-10-8-11(18)6-7-13(10)21-16-15-12-4-2-3-5-14(12)22-17(15)20-9-19-16/h6-9H,2-5H2,1H3,(H,19,20,21). The minimum atomic E-state index is 0.953. The molecule has 0 saturated carbocycles. The van der Waals surface area contributed by atoms with Gasteiger partial charge in [0.15, 0.2) is 0 Å². The number of nitrogens with zero attached hydrogens (tertiary/aromatic N) is 2. The Balaban J connectivity index is 1.83. The van der Waals surface area contributed by atoms with Crippen molar-refractivity contribution in [3.05, 3.63) is 44.1 Å². The van der Waals surface area contributed by atoms with Crippen LogP contribution >= 0.6 is 33.9 Å². The van der Waals surface area contributed by atoms with Crippen molar-refractivity contribution < 1.29 is 0 Å². The predicted octanol–water partition coefficient (Wildman–Crippen LogP) is 5.23. The third-order valence-electron chi connectivity index (χ3n) is 4.19. The van der Waals surface area contributed by atoms with Gasteiger partial charge in [-0.15, -0.1) is 11.3 Å². The molecular weight excluding hydrogens is 405 g/mol. The summed E-state index contributed by atoms with van der Waals surface area (Å²) >= 11 is 4.18. The quantitative estimate of drug-likeness (QED) is 0.576. The molecule has 0 saturated heterocycles. The number of nitrogens with one attached hydrogen (secondary N) is 1. The second-order valence-corrected chi connectivity index (χ2v) is 8.03. The molecule has 0 aliphatic heterocycles. The minimum Gasteiger partial charge on any atom is -0.339 e. The lowest BCUT2D eigenvalue weighted by molar-refractivity contribution is 0.700. The van der Waals surface area contributed by atoms with Crippen LogP contribution in [-0.4, -0.2) is 9.97 Å². The Morgan fingerprint density at radius 1 is 1.18 bits per heavy atom. The molecule has 0 amide bonds. The monoisotopic (exact) mass is 421 g/mol. The van der Waals surface area contributed by atoms with Crippen molar-refractivity contribution in [3.8, 4) is 0 Å². The fraction of sp³-hybridized carbons (Fsp3) is 0.294. The van der Waals surface area contributed by atoms with E-state index in [-0.39, 0.29) is 0 Å². The molecule has 3 nitrogen and oxygen atoms in total. The zero-order valence-corrected chi connectivity index (χ0v) is 15.3. The normalized spacial score (nSPS) is 14.1. The molecule has 1 N–H and O–H groups in total. The van der Waals surface area contributed by atoms with E-state index in [1.807, 2.05) is 11.3 Å². The summed E-state index contributed by atoms with van der Waals surface area (Å²) in [6.07, 6.45) is 6.60. The summed E-state index contributed by atoms with van der Waals surface area (Å²) < 4.78 is 1.25. The van der Waals surface area contributed by atoms with E-state index in [1.165, 1.54) is 44.2 Å². The Morgan fingerprint density at radius 3 is 2.91 bits per heavy atom. The van der Waals surface area contributed by atoms with E-state index in [2.05, 4.69) is 63.0 Å². The molecule has 0 fully saturated rings. The molecule has 22 heavy (non-hydrogen) atoms. The number of hydrogen-bond donors (Lipinski definition) is 1. The average molecular weight is 421 g/mol. The minimum absolute atomic E-state index is 0.953. The number of aryl methyl sites for hydroxylation is 3. The first-order valence-electron chi connectivity index (χ1n) is 7.51. The van der Waals surface area contributed by atoms with Crippen molar-refractivity contribution in [1.29, 1.82) is 0 Å². The van der Waals surface area contributed by atoms with E-state index in [0.717, 1.165) is 22.8 Å². The van der Waals surface area contributed by atoms with Gasteiger partial charge in [0, 0.05) is 14.1 Å². The van der Waals surface area contributed by atoms with Crippen LogP contribution in [0.5, 0.6) is 0 Å². The molecule has 5 heteroatoms. The maximum absolute atomic E-state index is 4.53. The van der Waals surface area contributed by atoms with Gasteiger partial charge < -0.3 is 5.32 Å². The number of thiophene rings is 1. The third kappa shape index (κ3) is 2.50. The van der Waals surface area contributed by atoms with Gasteiger partial charge >= 0.3 is 0 Å². The smallest absolute Gasteiger partial charge is 0.142 e. The van der Waals surface area contributed by atoms with Gasteiger partial charge in [0.2, 0.25) is 0 Å². The van der Waals surface area contributed by atoms with Crippen LogP contribution in [0.1, 0.15) is 28.8 Å². The number of anilines is 2. The van der Waals surface area contributed by atoms with Gasteiger partial charge in [0.05, 0.1) is 5.39 Å². The first-order chi connectivity index (χ1) is 10.7. The Morgan fingerprint density at radius 2 is 2.05 bits per heavy atom. The van der Waals surface area contributed by atoms with Crippen molar-refractivity contribution in [2.45, 2.75) is 32.6 Å². The number of fused-ring (bicyclic) bond motifs is 3. The van der Waals surface area contributed by atoms with Crippen LogP contribution in [0.4, 0.5) is 11.5 Å². The summed E-state index contributed by atoms with van der Waals surface area (Å²) in [5.74, 6) is 0.953. The first-order valence-corrected chi connectivity index (χ1v) is 9.40. The van der Waals surface area contributed by atoms with E-state index >= 15 is 0 Å². The lowest BCUT2D eigenvalue weighted by Gasteiger charge is -2.13. The van der Waals surface area contributed by atoms with Crippen molar-refractivity contribution >= 4 is 55.6 Å². The third-order valence-corrected chi connectivity index (χ3v) is 6.06. The van der Waals surface area contributed by atoms with Crippen LogP contribution in [0, 0.1) is 10.5 Å². The molecule has 3 aromatic rings. The number of halogens is 1. The van der Waals surface area contributed by atoms with Crippen molar-refractivity contribution in [3.63, 3.8) is 0 Å². The molecular formula is C17H16IN3S. The summed E-state index contributed by atoms with van der Waals surface area (Å²) in [6, 6.07) is 6.44. The molecule has 0 bridgehead atoms. The van der Waals surface area contributed by atoms with Gasteiger partial charge in [0.25, 0.3) is 0 Å². The zero-order valence-electron chi connectivity index (χ0n) is 12.3. The van der Waals surface area contributed by atoms with E-state index < -0.39 is 0 Å². The maximum Gasteiger partial charge on any atom is 0.142 e. The molecule has 4 rings (SSSR count). The van der Waals surface area contributed by atoms with Crippen LogP contribution in [0.2, 0.25) is 0 Å². The Labute approximate surface area is 147 Å². The number of hydrogen-bond acceptors (Lipinski definition) is 4. The summed E-state index contributed by atoms with van der Waals surface area (Å²) in [5.41, 5.74) is 3.83. The molecule has 2 heterocycles. The second kappa shape index (κ2) is 5.77. The number of aromatic nitrogens is 2. The summed E-state index contributed by atoms with van der Waals surface area (Å²) in [7, 11) is 0. The van der Waals surface area contributed by atoms with Gasteiger partial charge in [-0.1, -0.05) is 0 Å². The van der Waals surface area contributed by atoms with Crippen molar-refractivity contribution in [2.24, 2.45) is 0 Å². The fourth-order valence-corrected chi connectivity index (χ4v) is 4.96. The van der Waals surface area contributed by atoms with Crippen LogP contribution in [-0.2, 0) is 12.8 Å². The van der Waals surface area contributed by atoms with Crippen LogP contribution < -0.4 is 5.32 Å². The molecule has 1 aromatic carbocycles. The van der Waals surface area contributed by atoms with Gasteiger partial charge in [-0.25, -0.2) is 9.97 Å². The van der Waals surface area contributed by atoms with E-state index in [9.17, 15) is 0 Å². The largest absolute Gasteiger partial charge is 0.339 e. The second-order valence-electron chi connectivity index (χ2n) is 5.70. The van der Waals surface area contributed by atoms with Gasteiger partial charge in [-0.3, -0.25) is 0 Å². The van der Waals surface area contributed by atoms with E-state index in [4.69, 9.17) is 0 Å². The highest BCUT2D eigenvalue weighted by Gasteiger charge is 2.20. The molecule has 2 aromatic heterocycles. The highest BCUT2D eigenvalue weighted by molar-refractivity contribution is 14.1. The molecule has 112 valence electrons. The van der Waals surface area contributed by atoms with Gasteiger partial charge in [-0.05, 0) is 84.5 Å².